The molecular weight excluding hydrogens is 252 g/mol. The van der Waals surface area contributed by atoms with Crippen LogP contribution in [-0.4, -0.2) is 23.9 Å². The Morgan fingerprint density at radius 1 is 0.842 bits per heavy atom. The summed E-state index contributed by atoms with van der Waals surface area (Å²) in [6, 6.07) is 0. The molecule has 2 aliphatic rings. The molecule has 6 nitrogen and oxygen atoms in total. The van der Waals surface area contributed by atoms with Crippen molar-refractivity contribution in [2.24, 2.45) is 22.2 Å². The molecule has 3 unspecified atom stereocenters. The van der Waals surface area contributed by atoms with Crippen LogP contribution in [0.1, 0.15) is 34.6 Å². The van der Waals surface area contributed by atoms with E-state index < -0.39 is 46.0 Å². The maximum Gasteiger partial charge on any atom is 0.321 e. The van der Waals surface area contributed by atoms with Gasteiger partial charge in [-0.15, -0.1) is 0 Å². The summed E-state index contributed by atoms with van der Waals surface area (Å²) in [5.74, 6) is -3.77. The van der Waals surface area contributed by atoms with Crippen LogP contribution >= 0.6 is 0 Å². The molecule has 0 saturated carbocycles. The fourth-order valence-electron chi connectivity index (χ4n) is 2.97. The van der Waals surface area contributed by atoms with E-state index in [1.807, 2.05) is 0 Å². The van der Waals surface area contributed by atoms with Gasteiger partial charge in [0.1, 0.15) is 0 Å². The van der Waals surface area contributed by atoms with E-state index in [2.05, 4.69) is 4.74 Å². The zero-order valence-corrected chi connectivity index (χ0v) is 11.5. The topological polar surface area (TPSA) is 86.7 Å². The van der Waals surface area contributed by atoms with Gasteiger partial charge in [-0.3, -0.25) is 19.2 Å². The molecule has 6 heteroatoms. The Balaban J connectivity index is 2.68. The largest absolute Gasteiger partial charge is 0.392 e. The van der Waals surface area contributed by atoms with Crippen LogP contribution in [0.2, 0.25) is 0 Å². The quantitative estimate of drug-likeness (QED) is 0.517. The van der Waals surface area contributed by atoms with E-state index in [0.717, 1.165) is 0 Å². The van der Waals surface area contributed by atoms with Crippen LogP contribution in [0.15, 0.2) is 0 Å². The van der Waals surface area contributed by atoms with Crippen molar-refractivity contribution in [3.05, 3.63) is 0 Å². The van der Waals surface area contributed by atoms with E-state index in [1.54, 1.807) is 0 Å². The van der Waals surface area contributed by atoms with Crippen molar-refractivity contribution in [2.75, 3.05) is 0 Å². The number of hydrogen-bond donors (Lipinski definition) is 0. The smallest absolute Gasteiger partial charge is 0.321 e. The lowest BCUT2D eigenvalue weighted by Gasteiger charge is -2.43. The summed E-state index contributed by atoms with van der Waals surface area (Å²) in [4.78, 5) is 47.7. The molecule has 0 spiro atoms. The number of cyclic esters (lactones) is 4. The van der Waals surface area contributed by atoms with Crippen LogP contribution in [0.25, 0.3) is 0 Å². The fraction of sp³-hybridized carbons (Fsp3) is 0.692. The van der Waals surface area contributed by atoms with Crippen LogP contribution in [0.4, 0.5) is 0 Å². The number of esters is 4. The van der Waals surface area contributed by atoms with Crippen LogP contribution in [-0.2, 0) is 28.7 Å². The molecule has 2 fully saturated rings. The zero-order valence-electron chi connectivity index (χ0n) is 11.5. The van der Waals surface area contributed by atoms with E-state index >= 15 is 0 Å². The molecule has 0 aromatic rings. The van der Waals surface area contributed by atoms with Gasteiger partial charge in [0.2, 0.25) is 0 Å². The lowest BCUT2D eigenvalue weighted by Crippen LogP contribution is -2.55. The summed E-state index contributed by atoms with van der Waals surface area (Å²) in [5, 5.41) is 0. The van der Waals surface area contributed by atoms with E-state index in [0.29, 0.717) is 0 Å². The van der Waals surface area contributed by atoms with Gasteiger partial charge >= 0.3 is 23.9 Å². The lowest BCUT2D eigenvalue weighted by atomic mass is 9.51. The first-order valence-electron chi connectivity index (χ1n) is 6.04. The van der Waals surface area contributed by atoms with Crippen LogP contribution < -0.4 is 0 Å². The van der Waals surface area contributed by atoms with E-state index in [1.165, 1.54) is 34.6 Å². The Morgan fingerprint density at radius 3 is 1.68 bits per heavy atom. The van der Waals surface area contributed by atoms with Crippen LogP contribution in [0.3, 0.4) is 0 Å². The van der Waals surface area contributed by atoms with Crippen LogP contribution in [0, 0.1) is 22.2 Å². The third-order valence-electron chi connectivity index (χ3n) is 5.23. The molecule has 0 aromatic carbocycles. The summed E-state index contributed by atoms with van der Waals surface area (Å²) >= 11 is 0. The monoisotopic (exact) mass is 268 g/mol. The summed E-state index contributed by atoms with van der Waals surface area (Å²) < 4.78 is 9.35. The third-order valence-corrected chi connectivity index (χ3v) is 5.23. The van der Waals surface area contributed by atoms with E-state index in [9.17, 15) is 19.2 Å². The van der Waals surface area contributed by atoms with Crippen molar-refractivity contribution in [3.63, 3.8) is 0 Å². The van der Waals surface area contributed by atoms with Gasteiger partial charge in [-0.05, 0) is 27.7 Å². The SMILES string of the molecule is CC1C(=O)OC(=O)C1(C)C1(C)C(=O)OC(=O)C1(C)C. The van der Waals surface area contributed by atoms with E-state index in [4.69, 9.17) is 4.74 Å². The van der Waals surface area contributed by atoms with Crippen molar-refractivity contribution in [2.45, 2.75) is 34.6 Å². The molecule has 0 amide bonds. The van der Waals surface area contributed by atoms with Crippen molar-refractivity contribution >= 4 is 23.9 Å². The number of carbonyl (C=O) groups excluding carboxylic acids is 4. The third kappa shape index (κ3) is 1.21. The lowest BCUT2D eigenvalue weighted by molar-refractivity contribution is -0.168. The average molecular weight is 268 g/mol. The van der Waals surface area contributed by atoms with Crippen molar-refractivity contribution < 1.29 is 28.7 Å². The zero-order chi connectivity index (χ0) is 14.8. The highest BCUT2D eigenvalue weighted by molar-refractivity contribution is 6.08. The molecular formula is C13H16O6. The molecule has 2 aliphatic heterocycles. The van der Waals surface area contributed by atoms with Gasteiger partial charge in [-0.2, -0.15) is 0 Å². The minimum atomic E-state index is -1.44. The molecule has 0 bridgehead atoms. The minimum Gasteiger partial charge on any atom is -0.392 e. The molecule has 0 radical (unpaired) electrons. The molecule has 0 aromatic heterocycles. The highest BCUT2D eigenvalue weighted by Crippen LogP contribution is 2.61. The first-order chi connectivity index (χ1) is 8.51. The Hall–Kier alpha value is -1.72. The van der Waals surface area contributed by atoms with Gasteiger partial charge in [-0.1, -0.05) is 6.92 Å². The second-order valence-corrected chi connectivity index (χ2v) is 6.06. The summed E-state index contributed by atoms with van der Waals surface area (Å²) in [7, 11) is 0. The molecule has 0 aliphatic carbocycles. The van der Waals surface area contributed by atoms with Crippen molar-refractivity contribution in [1.29, 1.82) is 0 Å². The molecule has 2 heterocycles. The molecule has 0 N–H and O–H groups in total. The first kappa shape index (κ1) is 13.7. The van der Waals surface area contributed by atoms with E-state index in [-0.39, 0.29) is 0 Å². The standard InChI is InChI=1S/C13H16O6/c1-6-7(14)18-9(16)12(6,4)13(5)10(17)19-8(15)11(13,2)3/h6H,1-5H3. The second-order valence-electron chi connectivity index (χ2n) is 6.06. The summed E-state index contributed by atoms with van der Waals surface area (Å²) in [5.41, 5.74) is -4.08. The molecule has 2 rings (SSSR count). The van der Waals surface area contributed by atoms with Crippen LogP contribution in [0.5, 0.6) is 0 Å². The number of rotatable bonds is 1. The van der Waals surface area contributed by atoms with Gasteiger partial charge < -0.3 is 9.47 Å². The van der Waals surface area contributed by atoms with Crippen molar-refractivity contribution in [1.82, 2.24) is 0 Å². The fourth-order valence-corrected chi connectivity index (χ4v) is 2.97. The summed E-state index contributed by atoms with van der Waals surface area (Å²) in [6.07, 6.45) is 0. The highest BCUT2D eigenvalue weighted by Gasteiger charge is 2.75. The average Bonchev–Trinajstić information content (AvgIpc) is 2.60. The van der Waals surface area contributed by atoms with Crippen molar-refractivity contribution in [3.8, 4) is 0 Å². The second kappa shape index (κ2) is 3.43. The Bertz CT molecular complexity index is 519. The van der Waals surface area contributed by atoms with Gasteiger partial charge in [0, 0.05) is 0 Å². The predicted octanol–water partition coefficient (Wildman–Crippen LogP) is 0.828. The Kier molecular flexibility index (Phi) is 2.48. The normalized spacial score (nSPS) is 41.4. The van der Waals surface area contributed by atoms with Gasteiger partial charge in [0.15, 0.2) is 0 Å². The maximum atomic E-state index is 12.1. The number of hydrogen-bond acceptors (Lipinski definition) is 6. The molecule has 3 atom stereocenters. The predicted molar refractivity (Wildman–Crippen MR) is 61.4 cm³/mol. The first-order valence-corrected chi connectivity index (χ1v) is 6.04. The summed E-state index contributed by atoms with van der Waals surface area (Å²) in [6.45, 7) is 7.55. The number of ether oxygens (including phenoxy) is 2. The molecule has 19 heavy (non-hydrogen) atoms. The molecule has 104 valence electrons. The van der Waals surface area contributed by atoms with Gasteiger partial charge in [0.25, 0.3) is 0 Å². The van der Waals surface area contributed by atoms with Gasteiger partial charge in [0.05, 0.1) is 22.2 Å². The number of carbonyl (C=O) groups is 4. The Morgan fingerprint density at radius 2 is 1.37 bits per heavy atom. The molecule has 2 saturated heterocycles. The minimum absolute atomic E-state index is 0.684. The Labute approximate surface area is 110 Å². The van der Waals surface area contributed by atoms with Gasteiger partial charge in [-0.25, -0.2) is 0 Å². The highest BCUT2D eigenvalue weighted by atomic mass is 16.6. The maximum absolute atomic E-state index is 12.1.